The third-order valence-corrected chi connectivity index (χ3v) is 4.29. The Labute approximate surface area is 113 Å². The molecule has 3 rings (SSSR count). The zero-order valence-corrected chi connectivity index (χ0v) is 11.5. The van der Waals surface area contributed by atoms with Crippen molar-refractivity contribution in [1.29, 1.82) is 0 Å². The van der Waals surface area contributed by atoms with Crippen molar-refractivity contribution in [2.45, 2.75) is 6.54 Å². The molecule has 6 heteroatoms. The Kier molecular flexibility index (Phi) is 3.18. The van der Waals surface area contributed by atoms with Crippen molar-refractivity contribution in [2.24, 2.45) is 18.9 Å². The van der Waals surface area contributed by atoms with Crippen molar-refractivity contribution in [3.05, 3.63) is 18.2 Å². The van der Waals surface area contributed by atoms with E-state index in [4.69, 9.17) is 0 Å². The minimum Gasteiger partial charge on any atom is -0.336 e. The van der Waals surface area contributed by atoms with Gasteiger partial charge in [0.1, 0.15) is 0 Å². The Morgan fingerprint density at radius 3 is 2.58 bits per heavy atom. The summed E-state index contributed by atoms with van der Waals surface area (Å²) in [6.45, 7) is 4.58. The summed E-state index contributed by atoms with van der Waals surface area (Å²) < 4.78 is 1.92. The Balaban J connectivity index is 1.51. The van der Waals surface area contributed by atoms with Gasteiger partial charge in [0, 0.05) is 39.4 Å². The largest absolute Gasteiger partial charge is 0.336 e. The number of imidazole rings is 1. The second-order valence-electron chi connectivity index (χ2n) is 5.80. The van der Waals surface area contributed by atoms with Gasteiger partial charge in [-0.1, -0.05) is 0 Å². The van der Waals surface area contributed by atoms with Crippen LogP contribution in [0.4, 0.5) is 4.79 Å². The normalized spacial score (nSPS) is 26.7. The lowest BCUT2D eigenvalue weighted by molar-refractivity contribution is 0.201. The van der Waals surface area contributed by atoms with Gasteiger partial charge in [0.2, 0.25) is 0 Å². The lowest BCUT2D eigenvalue weighted by Gasteiger charge is -2.19. The number of likely N-dealkylation sites (tertiary alicyclic amines) is 2. The summed E-state index contributed by atoms with van der Waals surface area (Å²) in [6.07, 6.45) is 3.53. The first-order chi connectivity index (χ1) is 9.13. The van der Waals surface area contributed by atoms with Gasteiger partial charge in [0.15, 0.2) is 0 Å². The van der Waals surface area contributed by atoms with Crippen molar-refractivity contribution in [2.75, 3.05) is 33.2 Å². The molecule has 2 aliphatic rings. The maximum Gasteiger partial charge on any atom is 0.317 e. The molecule has 1 N–H and O–H groups in total. The van der Waals surface area contributed by atoms with Crippen LogP contribution in [0.15, 0.2) is 12.5 Å². The van der Waals surface area contributed by atoms with Crippen LogP contribution in [0.25, 0.3) is 0 Å². The predicted molar refractivity (Wildman–Crippen MR) is 71.5 cm³/mol. The molecule has 0 radical (unpaired) electrons. The second kappa shape index (κ2) is 4.85. The molecule has 2 saturated heterocycles. The highest BCUT2D eigenvalue weighted by Gasteiger charge is 2.40. The Morgan fingerprint density at radius 1 is 1.32 bits per heavy atom. The van der Waals surface area contributed by atoms with Crippen LogP contribution in [0, 0.1) is 11.8 Å². The second-order valence-corrected chi connectivity index (χ2v) is 5.80. The van der Waals surface area contributed by atoms with Crippen LogP contribution < -0.4 is 5.32 Å². The molecule has 0 aromatic carbocycles. The summed E-state index contributed by atoms with van der Waals surface area (Å²) in [5, 5.41) is 2.98. The van der Waals surface area contributed by atoms with E-state index in [-0.39, 0.29) is 6.03 Å². The van der Waals surface area contributed by atoms with E-state index in [9.17, 15) is 4.79 Å². The number of fused-ring (bicyclic) bond motifs is 1. The van der Waals surface area contributed by atoms with Crippen molar-refractivity contribution in [3.63, 3.8) is 0 Å². The topological polar surface area (TPSA) is 53.4 Å². The van der Waals surface area contributed by atoms with Gasteiger partial charge in [-0.3, -0.25) is 0 Å². The number of rotatable bonds is 2. The third kappa shape index (κ3) is 2.45. The van der Waals surface area contributed by atoms with Crippen LogP contribution in [0.5, 0.6) is 0 Å². The summed E-state index contributed by atoms with van der Waals surface area (Å²) in [5.74, 6) is 1.32. The molecule has 6 nitrogen and oxygen atoms in total. The van der Waals surface area contributed by atoms with Crippen LogP contribution in [-0.4, -0.2) is 58.6 Å². The van der Waals surface area contributed by atoms with E-state index in [2.05, 4.69) is 22.2 Å². The molecule has 2 amide bonds. The van der Waals surface area contributed by atoms with Crippen LogP contribution in [0.2, 0.25) is 0 Å². The van der Waals surface area contributed by atoms with Crippen LogP contribution in [-0.2, 0) is 13.6 Å². The predicted octanol–water partition coefficient (Wildman–Crippen LogP) is 0.123. The van der Waals surface area contributed by atoms with E-state index in [0.717, 1.165) is 31.9 Å². The molecule has 104 valence electrons. The monoisotopic (exact) mass is 263 g/mol. The van der Waals surface area contributed by atoms with Crippen molar-refractivity contribution in [1.82, 2.24) is 24.7 Å². The molecule has 1 aromatic rings. The molecular formula is C13H21N5O. The van der Waals surface area contributed by atoms with Gasteiger partial charge in [-0.2, -0.15) is 0 Å². The van der Waals surface area contributed by atoms with E-state index in [0.29, 0.717) is 18.4 Å². The molecule has 1 aromatic heterocycles. The van der Waals surface area contributed by atoms with Gasteiger partial charge in [0.25, 0.3) is 0 Å². The van der Waals surface area contributed by atoms with E-state index in [1.54, 1.807) is 12.5 Å². The number of aryl methyl sites for hydroxylation is 1. The van der Waals surface area contributed by atoms with E-state index >= 15 is 0 Å². The summed E-state index contributed by atoms with van der Waals surface area (Å²) in [6, 6.07) is 0.0539. The molecule has 0 bridgehead atoms. The zero-order valence-electron chi connectivity index (χ0n) is 11.5. The summed E-state index contributed by atoms with van der Waals surface area (Å²) in [7, 11) is 4.09. The first-order valence-electron chi connectivity index (χ1n) is 6.80. The van der Waals surface area contributed by atoms with Crippen LogP contribution in [0.1, 0.15) is 5.69 Å². The van der Waals surface area contributed by atoms with Crippen molar-refractivity contribution < 1.29 is 4.79 Å². The molecule has 0 unspecified atom stereocenters. The highest BCUT2D eigenvalue weighted by Crippen LogP contribution is 2.29. The number of carbonyl (C=O) groups excluding carboxylic acids is 1. The third-order valence-electron chi connectivity index (χ3n) is 4.29. The standard InChI is InChI=1S/C13H21N5O/c1-16-5-10-7-18(8-11(10)6-16)13(19)15-4-12-3-14-9-17(12)2/h3,9-11H,4-8H2,1-2H3,(H,15,19)/t10-,11+. The van der Waals surface area contributed by atoms with Crippen LogP contribution >= 0.6 is 0 Å². The molecule has 2 fully saturated rings. The molecule has 0 spiro atoms. The fourth-order valence-electron chi connectivity index (χ4n) is 3.23. The van der Waals surface area contributed by atoms with Gasteiger partial charge in [-0.05, 0) is 18.9 Å². The van der Waals surface area contributed by atoms with Crippen molar-refractivity contribution in [3.8, 4) is 0 Å². The van der Waals surface area contributed by atoms with Gasteiger partial charge < -0.3 is 19.7 Å². The maximum absolute atomic E-state index is 12.1. The average molecular weight is 263 g/mol. The SMILES string of the molecule is CN1C[C@@H]2CN(C(=O)NCc3cncn3C)C[C@@H]2C1. The number of hydrogen-bond donors (Lipinski definition) is 1. The van der Waals surface area contributed by atoms with E-state index in [1.165, 1.54) is 0 Å². The summed E-state index contributed by atoms with van der Waals surface area (Å²) in [5.41, 5.74) is 1.02. The van der Waals surface area contributed by atoms with Crippen LogP contribution in [0.3, 0.4) is 0 Å². The molecule has 0 aliphatic carbocycles. The minimum atomic E-state index is 0.0539. The highest BCUT2D eigenvalue weighted by atomic mass is 16.2. The van der Waals surface area contributed by atoms with E-state index < -0.39 is 0 Å². The first-order valence-corrected chi connectivity index (χ1v) is 6.80. The van der Waals surface area contributed by atoms with Gasteiger partial charge in [-0.25, -0.2) is 9.78 Å². The lowest BCUT2D eigenvalue weighted by atomic mass is 10.0. The molecule has 19 heavy (non-hydrogen) atoms. The fourth-order valence-corrected chi connectivity index (χ4v) is 3.23. The average Bonchev–Trinajstić information content (AvgIpc) is 3.00. The fraction of sp³-hybridized carbons (Fsp3) is 0.692. The number of nitrogens with one attached hydrogen (secondary N) is 1. The Morgan fingerprint density at radius 2 is 2.00 bits per heavy atom. The molecule has 2 atom stereocenters. The van der Waals surface area contributed by atoms with E-state index in [1.807, 2.05) is 16.5 Å². The first kappa shape index (κ1) is 12.5. The summed E-state index contributed by atoms with van der Waals surface area (Å²) in [4.78, 5) is 20.5. The molecular weight excluding hydrogens is 242 g/mol. The Bertz CT molecular complexity index is 457. The minimum absolute atomic E-state index is 0.0539. The number of hydrogen-bond acceptors (Lipinski definition) is 3. The Hall–Kier alpha value is -1.56. The van der Waals surface area contributed by atoms with Gasteiger partial charge >= 0.3 is 6.03 Å². The number of nitrogens with zero attached hydrogens (tertiary/aromatic N) is 4. The highest BCUT2D eigenvalue weighted by molar-refractivity contribution is 5.74. The van der Waals surface area contributed by atoms with Gasteiger partial charge in [0.05, 0.1) is 18.6 Å². The number of aromatic nitrogens is 2. The maximum atomic E-state index is 12.1. The molecule has 3 heterocycles. The number of urea groups is 1. The number of amides is 2. The quantitative estimate of drug-likeness (QED) is 0.825. The molecule has 0 saturated carbocycles. The number of carbonyl (C=O) groups is 1. The zero-order chi connectivity index (χ0) is 13.4. The smallest absolute Gasteiger partial charge is 0.317 e. The molecule has 2 aliphatic heterocycles. The lowest BCUT2D eigenvalue weighted by Crippen LogP contribution is -2.40. The van der Waals surface area contributed by atoms with Gasteiger partial charge in [-0.15, -0.1) is 0 Å². The summed E-state index contributed by atoms with van der Waals surface area (Å²) >= 11 is 0. The van der Waals surface area contributed by atoms with Crippen molar-refractivity contribution >= 4 is 6.03 Å².